The monoisotopic (exact) mass is 408 g/mol. The van der Waals surface area contributed by atoms with Crippen LogP contribution in [0.2, 0.25) is 0 Å². The van der Waals surface area contributed by atoms with E-state index >= 15 is 0 Å². The summed E-state index contributed by atoms with van der Waals surface area (Å²) in [5, 5.41) is 10.4. The second-order valence-corrected chi connectivity index (χ2v) is 11.6. The van der Waals surface area contributed by atoms with Crippen molar-refractivity contribution < 1.29 is 19.4 Å². The maximum Gasteiger partial charge on any atom is 0.313 e. The fourth-order valence-electron chi connectivity index (χ4n) is 9.44. The van der Waals surface area contributed by atoms with Crippen molar-refractivity contribution in [1.82, 2.24) is 0 Å². The van der Waals surface area contributed by atoms with Crippen molar-refractivity contribution in [3.05, 3.63) is 35.4 Å². The molecule has 0 bridgehead atoms. The molecule has 5 aliphatic carbocycles. The molecule has 160 valence electrons. The fourth-order valence-corrected chi connectivity index (χ4v) is 9.44. The standard InChI is InChI=1S/C26H32O4/c1-12(2)14-9-8-13(3)10-17(14)29-24(28)26-19-16-7-5-4-6-15(16)18-21(26)25(11-27)22(26)20(19)30-23(18)25/h4-7,12-14,17-23,27H,8-11H2,1-3H3/t13-,14+,17-,18?,19?,20?,21?,22?,23?,25?,26?/m1/s1. The van der Waals surface area contributed by atoms with Gasteiger partial charge in [0.05, 0.1) is 24.2 Å². The van der Waals surface area contributed by atoms with Gasteiger partial charge in [0.1, 0.15) is 6.10 Å². The first-order chi connectivity index (χ1) is 14.5. The van der Waals surface area contributed by atoms with Gasteiger partial charge in [-0.1, -0.05) is 51.5 Å². The van der Waals surface area contributed by atoms with Gasteiger partial charge >= 0.3 is 5.97 Å². The highest BCUT2D eigenvalue weighted by Crippen LogP contribution is 2.94. The zero-order chi connectivity index (χ0) is 20.6. The first kappa shape index (κ1) is 18.2. The predicted octanol–water partition coefficient (Wildman–Crippen LogP) is 3.88. The average Bonchev–Trinajstić information content (AvgIpc) is 2.92. The second kappa shape index (κ2) is 5.50. The van der Waals surface area contributed by atoms with Gasteiger partial charge in [0.25, 0.3) is 0 Å². The molecule has 0 radical (unpaired) electrons. The van der Waals surface area contributed by atoms with Crippen molar-refractivity contribution >= 4 is 5.97 Å². The average molecular weight is 409 g/mol. The van der Waals surface area contributed by atoms with E-state index in [4.69, 9.17) is 9.47 Å². The molecule has 4 heteroatoms. The lowest BCUT2D eigenvalue weighted by Gasteiger charge is -2.82. The zero-order valence-electron chi connectivity index (χ0n) is 18.1. The van der Waals surface area contributed by atoms with E-state index in [1.165, 1.54) is 17.5 Å². The summed E-state index contributed by atoms with van der Waals surface area (Å²) in [6, 6.07) is 8.62. The Balaban J connectivity index is 1.28. The first-order valence-corrected chi connectivity index (χ1v) is 12.0. The Morgan fingerprint density at radius 3 is 2.73 bits per heavy atom. The zero-order valence-corrected chi connectivity index (χ0v) is 18.1. The first-order valence-electron chi connectivity index (χ1n) is 12.0. The number of carbonyl (C=O) groups is 1. The second-order valence-electron chi connectivity index (χ2n) is 11.6. The van der Waals surface area contributed by atoms with E-state index in [0.717, 1.165) is 12.8 Å². The van der Waals surface area contributed by atoms with Crippen LogP contribution in [-0.2, 0) is 14.3 Å². The quantitative estimate of drug-likeness (QED) is 0.769. The van der Waals surface area contributed by atoms with Crippen molar-refractivity contribution in [2.45, 2.75) is 70.2 Å². The summed E-state index contributed by atoms with van der Waals surface area (Å²) < 4.78 is 13.0. The van der Waals surface area contributed by atoms with Gasteiger partial charge in [0.15, 0.2) is 0 Å². The fraction of sp³-hybridized carbons (Fsp3) is 0.731. The third-order valence-corrected chi connectivity index (χ3v) is 10.4. The van der Waals surface area contributed by atoms with Crippen LogP contribution in [0.5, 0.6) is 0 Å². The van der Waals surface area contributed by atoms with Gasteiger partial charge in [-0.25, -0.2) is 0 Å². The maximum atomic E-state index is 14.0. The third kappa shape index (κ3) is 1.63. The van der Waals surface area contributed by atoms with E-state index in [-0.39, 0.29) is 60.0 Å². The third-order valence-electron chi connectivity index (χ3n) is 10.4. The minimum Gasteiger partial charge on any atom is -0.462 e. The van der Waals surface area contributed by atoms with Crippen LogP contribution in [0.15, 0.2) is 24.3 Å². The van der Waals surface area contributed by atoms with Crippen molar-refractivity contribution in [2.75, 3.05) is 6.61 Å². The van der Waals surface area contributed by atoms with E-state index in [1.54, 1.807) is 0 Å². The van der Waals surface area contributed by atoms with E-state index in [1.807, 2.05) is 0 Å². The summed E-state index contributed by atoms with van der Waals surface area (Å²) in [4.78, 5) is 14.0. The molecule has 30 heavy (non-hydrogen) atoms. The van der Waals surface area contributed by atoms with E-state index in [0.29, 0.717) is 17.8 Å². The minimum absolute atomic E-state index is 0.0241. The highest BCUT2D eigenvalue weighted by Gasteiger charge is 2.99. The highest BCUT2D eigenvalue weighted by molar-refractivity contribution is 5.87. The Kier molecular flexibility index (Phi) is 3.34. The van der Waals surface area contributed by atoms with Crippen molar-refractivity contribution in [2.24, 2.45) is 40.4 Å². The molecule has 8 unspecified atom stereocenters. The molecule has 11 atom stereocenters. The number of hydrogen-bond donors (Lipinski definition) is 1. The van der Waals surface area contributed by atoms with Gasteiger partial charge in [0, 0.05) is 23.2 Å². The Morgan fingerprint density at radius 1 is 1.23 bits per heavy atom. The van der Waals surface area contributed by atoms with Crippen LogP contribution in [0, 0.1) is 40.4 Å². The number of aliphatic hydroxyl groups is 1. The summed E-state index contributed by atoms with van der Waals surface area (Å²) in [5.41, 5.74) is 2.01. The molecule has 4 saturated carbocycles. The Labute approximate surface area is 178 Å². The number of aliphatic hydroxyl groups excluding tert-OH is 1. The summed E-state index contributed by atoms with van der Waals surface area (Å²) >= 11 is 0. The molecule has 1 heterocycles. The summed E-state index contributed by atoms with van der Waals surface area (Å²) in [6.45, 7) is 6.95. The van der Waals surface area contributed by atoms with Crippen LogP contribution in [-0.4, -0.2) is 36.0 Å². The summed E-state index contributed by atoms with van der Waals surface area (Å²) in [7, 11) is 0. The highest BCUT2D eigenvalue weighted by atomic mass is 16.6. The Morgan fingerprint density at radius 2 is 2.00 bits per heavy atom. The van der Waals surface area contributed by atoms with Gasteiger partial charge in [-0.3, -0.25) is 4.79 Å². The number of esters is 1. The molecule has 0 spiro atoms. The molecule has 0 amide bonds. The van der Waals surface area contributed by atoms with Gasteiger partial charge in [-0.2, -0.15) is 0 Å². The summed E-state index contributed by atoms with van der Waals surface area (Å²) in [6.07, 6.45) is 3.56. The van der Waals surface area contributed by atoms with Crippen LogP contribution in [0.25, 0.3) is 0 Å². The maximum absolute atomic E-state index is 14.0. The topological polar surface area (TPSA) is 55.8 Å². The molecular formula is C26H32O4. The molecule has 1 saturated heterocycles. The number of carbonyl (C=O) groups excluding carboxylic acids is 1. The molecule has 1 aromatic carbocycles. The summed E-state index contributed by atoms with van der Waals surface area (Å²) in [5.74, 6) is 2.31. The lowest BCUT2D eigenvalue weighted by Crippen LogP contribution is -2.88. The van der Waals surface area contributed by atoms with Crippen LogP contribution >= 0.6 is 0 Å². The lowest BCUT2D eigenvalue weighted by atomic mass is 9.17. The minimum atomic E-state index is -0.457. The smallest absolute Gasteiger partial charge is 0.313 e. The lowest BCUT2D eigenvalue weighted by molar-refractivity contribution is -0.334. The van der Waals surface area contributed by atoms with Gasteiger partial charge in [-0.05, 0) is 47.6 Å². The number of ether oxygens (including phenoxy) is 2. The molecule has 6 aliphatic rings. The molecular weight excluding hydrogens is 376 g/mol. The van der Waals surface area contributed by atoms with Crippen LogP contribution in [0.1, 0.15) is 63.0 Å². The molecule has 5 fully saturated rings. The SMILES string of the molecule is CC(C)[C@@H]1CC[C@@H](C)C[C@H]1OC(=O)C12C3c4ccccc4C4C5OC3C1C5(CO)C42. The molecule has 1 aliphatic heterocycles. The van der Waals surface area contributed by atoms with Crippen molar-refractivity contribution in [3.63, 3.8) is 0 Å². The molecule has 0 aromatic heterocycles. The number of rotatable bonds is 4. The van der Waals surface area contributed by atoms with Crippen LogP contribution < -0.4 is 0 Å². The predicted molar refractivity (Wildman–Crippen MR) is 111 cm³/mol. The van der Waals surface area contributed by atoms with Crippen LogP contribution in [0.4, 0.5) is 0 Å². The van der Waals surface area contributed by atoms with Crippen LogP contribution in [0.3, 0.4) is 0 Å². The van der Waals surface area contributed by atoms with E-state index < -0.39 is 5.41 Å². The molecule has 1 N–H and O–H groups in total. The van der Waals surface area contributed by atoms with E-state index in [2.05, 4.69) is 45.0 Å². The van der Waals surface area contributed by atoms with Gasteiger partial charge in [-0.15, -0.1) is 0 Å². The molecule has 1 aromatic rings. The molecule has 7 rings (SSSR count). The van der Waals surface area contributed by atoms with E-state index in [9.17, 15) is 9.90 Å². The van der Waals surface area contributed by atoms with Crippen molar-refractivity contribution in [3.8, 4) is 0 Å². The number of benzene rings is 1. The van der Waals surface area contributed by atoms with Crippen molar-refractivity contribution in [1.29, 1.82) is 0 Å². The normalized spacial score (nSPS) is 53.3. The van der Waals surface area contributed by atoms with Gasteiger partial charge < -0.3 is 14.6 Å². The number of fused-ring (bicyclic) bond motifs is 5. The Hall–Kier alpha value is -1.39. The largest absolute Gasteiger partial charge is 0.462 e. The molecule has 4 nitrogen and oxygen atoms in total. The Bertz CT molecular complexity index is 941. The van der Waals surface area contributed by atoms with Gasteiger partial charge in [0.2, 0.25) is 0 Å². The number of hydrogen-bond acceptors (Lipinski definition) is 4.